The number of benzene rings is 1. The van der Waals surface area contributed by atoms with E-state index in [9.17, 15) is 26.4 Å². The van der Waals surface area contributed by atoms with E-state index in [2.05, 4.69) is 30.9 Å². The third-order valence-corrected chi connectivity index (χ3v) is 6.56. The van der Waals surface area contributed by atoms with E-state index in [4.69, 9.17) is 4.74 Å². The van der Waals surface area contributed by atoms with Gasteiger partial charge in [-0.3, -0.25) is 9.10 Å². The van der Waals surface area contributed by atoms with E-state index in [1.807, 2.05) is 0 Å². The summed E-state index contributed by atoms with van der Waals surface area (Å²) in [5.41, 5.74) is -0.0635. The second-order valence-corrected chi connectivity index (χ2v) is 10.3. The van der Waals surface area contributed by atoms with Gasteiger partial charge in [-0.05, 0) is 30.7 Å². The van der Waals surface area contributed by atoms with Crippen LogP contribution < -0.4 is 20.3 Å². The molecule has 3 rings (SSSR count). The normalized spacial score (nSPS) is 11.6. The summed E-state index contributed by atoms with van der Waals surface area (Å²) in [6.45, 7) is 0.710. The van der Waals surface area contributed by atoms with Crippen LogP contribution >= 0.6 is 0 Å². The summed E-state index contributed by atoms with van der Waals surface area (Å²) >= 11 is 0. The summed E-state index contributed by atoms with van der Waals surface area (Å²) in [7, 11) is -0.799. The highest BCUT2D eigenvalue weighted by molar-refractivity contribution is 7.92. The predicted octanol–water partition coefficient (Wildman–Crippen LogP) is 3.41. The number of amides is 1. The van der Waals surface area contributed by atoms with E-state index < -0.39 is 27.6 Å². The number of hydrogen-bond acceptors (Lipinski definition) is 9. The summed E-state index contributed by atoms with van der Waals surface area (Å²) in [6, 6.07) is 9.40. The van der Waals surface area contributed by atoms with Crippen LogP contribution in [0.5, 0.6) is 0 Å². The van der Waals surface area contributed by atoms with Gasteiger partial charge in [0.25, 0.3) is 5.91 Å². The Morgan fingerprint density at radius 2 is 1.92 bits per heavy atom. The van der Waals surface area contributed by atoms with Gasteiger partial charge < -0.3 is 20.7 Å². The molecule has 11 nitrogen and oxygen atoms in total. The number of nitrogens with zero attached hydrogens (tertiary/aromatic N) is 4. The third-order valence-electron chi connectivity index (χ3n) is 5.40. The number of hydrogen-bond donors (Lipinski definition) is 3. The van der Waals surface area contributed by atoms with Crippen LogP contribution in [0, 0.1) is 0 Å². The largest absolute Gasteiger partial charge is 0.421 e. The maximum absolute atomic E-state index is 13.7. The van der Waals surface area contributed by atoms with Crippen molar-refractivity contribution < 1.29 is 31.1 Å². The minimum absolute atomic E-state index is 0.0609. The van der Waals surface area contributed by atoms with Gasteiger partial charge in [0.2, 0.25) is 16.0 Å². The number of pyridine rings is 1. The highest BCUT2D eigenvalue weighted by Crippen LogP contribution is 2.34. The molecule has 0 unspecified atom stereocenters. The monoisotopic (exact) mass is 567 g/mol. The number of nitrogens with one attached hydrogen (secondary N) is 3. The first-order chi connectivity index (χ1) is 18.4. The lowest BCUT2D eigenvalue weighted by Gasteiger charge is -2.20. The van der Waals surface area contributed by atoms with Gasteiger partial charge in [0, 0.05) is 63.1 Å². The second kappa shape index (κ2) is 12.7. The van der Waals surface area contributed by atoms with Crippen molar-refractivity contribution in [2.75, 3.05) is 48.5 Å². The van der Waals surface area contributed by atoms with Crippen LogP contribution in [0.15, 0.2) is 48.8 Å². The van der Waals surface area contributed by atoms with Gasteiger partial charge >= 0.3 is 6.18 Å². The highest BCUT2D eigenvalue weighted by Gasteiger charge is 2.35. The number of sulfonamides is 1. The minimum atomic E-state index is -4.76. The summed E-state index contributed by atoms with van der Waals surface area (Å²) in [6.07, 6.45) is -1.12. The lowest BCUT2D eigenvalue weighted by molar-refractivity contribution is -0.137. The molecule has 15 heteroatoms. The molecule has 210 valence electrons. The lowest BCUT2D eigenvalue weighted by atomic mass is 10.2. The van der Waals surface area contributed by atoms with Crippen molar-refractivity contribution in [2.45, 2.75) is 19.1 Å². The van der Waals surface area contributed by atoms with Crippen LogP contribution in [-0.4, -0.2) is 62.8 Å². The first kappa shape index (κ1) is 29.6. The van der Waals surface area contributed by atoms with Crippen LogP contribution in [-0.2, 0) is 27.5 Å². The number of halogens is 3. The average Bonchev–Trinajstić information content (AvgIpc) is 2.88. The number of carbonyl (C=O) groups is 1. The number of anilines is 4. The molecule has 3 N–H and O–H groups in total. The zero-order valence-corrected chi connectivity index (χ0v) is 22.2. The number of alkyl halides is 3. The van der Waals surface area contributed by atoms with Gasteiger partial charge in [-0.25, -0.2) is 18.4 Å². The van der Waals surface area contributed by atoms with E-state index in [1.54, 1.807) is 25.3 Å². The molecular formula is C24H28F3N7O4S. The van der Waals surface area contributed by atoms with Crippen molar-refractivity contribution in [3.8, 4) is 0 Å². The molecule has 0 saturated carbocycles. The fraction of sp³-hybridized carbons (Fsp3) is 0.333. The molecule has 0 radical (unpaired) electrons. The summed E-state index contributed by atoms with van der Waals surface area (Å²) < 4.78 is 70.9. The quantitative estimate of drug-likeness (QED) is 0.281. The van der Waals surface area contributed by atoms with Crippen molar-refractivity contribution in [1.82, 2.24) is 20.3 Å². The molecule has 0 aliphatic rings. The molecule has 39 heavy (non-hydrogen) atoms. The molecule has 0 aliphatic carbocycles. The van der Waals surface area contributed by atoms with Gasteiger partial charge in [0.15, 0.2) is 0 Å². The topological polar surface area (TPSA) is 138 Å². The van der Waals surface area contributed by atoms with Gasteiger partial charge in [-0.1, -0.05) is 12.1 Å². The van der Waals surface area contributed by atoms with E-state index in [1.165, 1.54) is 31.4 Å². The Kier molecular flexibility index (Phi) is 9.64. The van der Waals surface area contributed by atoms with E-state index >= 15 is 0 Å². The average molecular weight is 568 g/mol. The van der Waals surface area contributed by atoms with E-state index in [0.29, 0.717) is 42.6 Å². The Bertz CT molecular complexity index is 1400. The summed E-state index contributed by atoms with van der Waals surface area (Å²) in [5, 5.41) is 8.19. The standard InChI is InChI=1S/C24H28F3N7O4S/c1-34(39(3,36)37)21-17(8-5-10-28-21)14-30-20-19(24(25,26)27)15-31-23(33-20)32-18-9-4-7-16(13-18)22(35)29-11-6-12-38-2/h4-5,7-10,13,15H,6,11-12,14H2,1-3H3,(H,29,35)(H2,30,31,32,33). The molecule has 0 fully saturated rings. The minimum Gasteiger partial charge on any atom is -0.385 e. The fourth-order valence-electron chi connectivity index (χ4n) is 3.36. The van der Waals surface area contributed by atoms with Crippen LogP contribution in [0.2, 0.25) is 0 Å². The van der Waals surface area contributed by atoms with Crippen LogP contribution in [0.3, 0.4) is 0 Å². The van der Waals surface area contributed by atoms with E-state index in [-0.39, 0.29) is 24.2 Å². The molecular weight excluding hydrogens is 539 g/mol. The van der Waals surface area contributed by atoms with Gasteiger partial charge in [0.1, 0.15) is 17.2 Å². The van der Waals surface area contributed by atoms with Gasteiger partial charge in [-0.15, -0.1) is 0 Å². The first-order valence-corrected chi connectivity index (χ1v) is 13.4. The Hall–Kier alpha value is -3.98. The molecule has 2 heterocycles. The zero-order chi connectivity index (χ0) is 28.6. The first-order valence-electron chi connectivity index (χ1n) is 11.6. The second-order valence-electron chi connectivity index (χ2n) is 8.33. The number of ether oxygens (including phenoxy) is 1. The Morgan fingerprint density at radius 3 is 2.62 bits per heavy atom. The highest BCUT2D eigenvalue weighted by atomic mass is 32.2. The van der Waals surface area contributed by atoms with Gasteiger partial charge in [-0.2, -0.15) is 18.2 Å². The number of rotatable bonds is 12. The van der Waals surface area contributed by atoms with Crippen LogP contribution in [0.4, 0.5) is 36.4 Å². The third kappa shape index (κ3) is 8.25. The van der Waals surface area contributed by atoms with E-state index in [0.717, 1.165) is 10.6 Å². The maximum atomic E-state index is 13.7. The number of methoxy groups -OCH3 is 1. The SMILES string of the molecule is COCCCNC(=O)c1cccc(Nc2ncc(C(F)(F)F)c(NCc3cccnc3N(C)S(C)(=O)=O)n2)c1. The molecule has 1 aromatic carbocycles. The fourth-order valence-corrected chi connectivity index (χ4v) is 3.84. The molecule has 0 bridgehead atoms. The van der Waals surface area contributed by atoms with Crippen molar-refractivity contribution in [2.24, 2.45) is 0 Å². The Morgan fingerprint density at radius 1 is 1.15 bits per heavy atom. The smallest absolute Gasteiger partial charge is 0.385 e. The number of carbonyl (C=O) groups excluding carboxylic acids is 1. The Balaban J connectivity index is 1.82. The maximum Gasteiger partial charge on any atom is 0.421 e. The molecule has 3 aromatic rings. The van der Waals surface area contributed by atoms with Crippen molar-refractivity contribution in [1.29, 1.82) is 0 Å². The number of aromatic nitrogens is 3. The Labute approximate surface area is 223 Å². The zero-order valence-electron chi connectivity index (χ0n) is 21.4. The summed E-state index contributed by atoms with van der Waals surface area (Å²) in [5.74, 6) is -0.936. The van der Waals surface area contributed by atoms with Crippen LogP contribution in [0.1, 0.15) is 27.9 Å². The van der Waals surface area contributed by atoms with Crippen molar-refractivity contribution in [3.05, 3.63) is 65.5 Å². The molecule has 0 atom stereocenters. The molecule has 1 amide bonds. The van der Waals surface area contributed by atoms with Crippen molar-refractivity contribution >= 4 is 39.2 Å². The lowest BCUT2D eigenvalue weighted by Crippen LogP contribution is -2.27. The van der Waals surface area contributed by atoms with Crippen LogP contribution in [0.25, 0.3) is 0 Å². The molecule has 0 aliphatic heterocycles. The molecule has 2 aromatic heterocycles. The predicted molar refractivity (Wildman–Crippen MR) is 140 cm³/mol. The molecule has 0 spiro atoms. The summed E-state index contributed by atoms with van der Waals surface area (Å²) in [4.78, 5) is 24.2. The van der Waals surface area contributed by atoms with Gasteiger partial charge in [0.05, 0.1) is 6.26 Å². The molecule has 0 saturated heterocycles. The van der Waals surface area contributed by atoms with Crippen molar-refractivity contribution in [3.63, 3.8) is 0 Å².